The zero-order valence-electron chi connectivity index (χ0n) is 19.4. The van der Waals surface area contributed by atoms with Gasteiger partial charge in [0, 0.05) is 17.3 Å². The first-order valence-corrected chi connectivity index (χ1v) is 11.1. The maximum atomic E-state index is 13.4. The molecule has 2 aromatic carbocycles. The Bertz CT molecular complexity index is 1340. The summed E-state index contributed by atoms with van der Waals surface area (Å²) >= 11 is 0. The lowest BCUT2D eigenvalue weighted by Crippen LogP contribution is -2.04. The van der Waals surface area contributed by atoms with Crippen LogP contribution in [0.15, 0.2) is 54.7 Å². The predicted octanol–water partition coefficient (Wildman–Crippen LogP) is 5.64. The Kier molecular flexibility index (Phi) is 7.03. The third-order valence-electron chi connectivity index (χ3n) is 5.63. The number of methoxy groups -OCH3 is 1. The van der Waals surface area contributed by atoms with Gasteiger partial charge in [0.1, 0.15) is 0 Å². The maximum absolute atomic E-state index is 13.4. The molecule has 6 nitrogen and oxygen atoms in total. The van der Waals surface area contributed by atoms with Crippen LogP contribution in [-0.2, 0) is 6.18 Å². The highest BCUT2D eigenvalue weighted by Crippen LogP contribution is 2.37. The van der Waals surface area contributed by atoms with Crippen LogP contribution >= 0.6 is 0 Å². The second-order valence-corrected chi connectivity index (χ2v) is 8.15. The molecule has 0 saturated carbocycles. The fraction of sp³-hybridized carbons (Fsp3) is 0.269. The van der Waals surface area contributed by atoms with E-state index in [0.29, 0.717) is 28.1 Å². The Balaban J connectivity index is 0.000000514. The number of aromatic nitrogens is 3. The third-order valence-corrected chi connectivity index (χ3v) is 5.63. The number of nitrogens with one attached hydrogen (secondary N) is 1. The molecular formula is C26H24F3N5O. The van der Waals surface area contributed by atoms with Gasteiger partial charge in [-0.3, -0.25) is 4.40 Å². The molecule has 4 aromatic rings. The van der Waals surface area contributed by atoms with Crippen molar-refractivity contribution in [2.45, 2.75) is 25.9 Å². The van der Waals surface area contributed by atoms with Crippen molar-refractivity contribution in [3.63, 3.8) is 0 Å². The van der Waals surface area contributed by atoms with E-state index in [-0.39, 0.29) is 11.5 Å². The van der Waals surface area contributed by atoms with Crippen molar-refractivity contribution in [2.24, 2.45) is 0 Å². The highest BCUT2D eigenvalue weighted by Gasteiger charge is 2.35. The normalized spacial score (nSPS) is 13.3. The average Bonchev–Trinajstić information content (AvgIpc) is 3.57. The van der Waals surface area contributed by atoms with Crippen LogP contribution in [0.4, 0.5) is 13.2 Å². The second-order valence-electron chi connectivity index (χ2n) is 8.15. The molecule has 0 radical (unpaired) electrons. The summed E-state index contributed by atoms with van der Waals surface area (Å²) in [7, 11) is 1.33. The van der Waals surface area contributed by atoms with Crippen LogP contribution in [-0.4, -0.2) is 34.6 Å². The lowest BCUT2D eigenvalue weighted by Gasteiger charge is -2.14. The molecule has 0 unspecified atom stereocenters. The minimum atomic E-state index is -4.61. The zero-order valence-corrected chi connectivity index (χ0v) is 19.4. The first-order valence-electron chi connectivity index (χ1n) is 11.1. The topological polar surface area (TPSA) is 75.2 Å². The van der Waals surface area contributed by atoms with E-state index in [4.69, 9.17) is 10.00 Å². The molecule has 0 aliphatic carbocycles. The molecule has 0 amide bonds. The minimum absolute atomic E-state index is 0.0271. The molecule has 1 aliphatic heterocycles. The Morgan fingerprint density at radius 2 is 1.60 bits per heavy atom. The minimum Gasteiger partial charge on any atom is -0.478 e. The Morgan fingerprint density at radius 1 is 0.971 bits per heavy atom. The number of fused-ring (bicyclic) bond motifs is 1. The van der Waals surface area contributed by atoms with Crippen LogP contribution in [0.5, 0.6) is 5.88 Å². The molecule has 0 spiro atoms. The maximum Gasteiger partial charge on any atom is 0.434 e. The van der Waals surface area contributed by atoms with Crippen molar-refractivity contribution < 1.29 is 17.9 Å². The summed E-state index contributed by atoms with van der Waals surface area (Å²) < 4.78 is 46.8. The van der Waals surface area contributed by atoms with Gasteiger partial charge in [0.2, 0.25) is 5.65 Å². The van der Waals surface area contributed by atoms with E-state index in [2.05, 4.69) is 15.3 Å². The van der Waals surface area contributed by atoms with Gasteiger partial charge in [0.25, 0.3) is 5.88 Å². The van der Waals surface area contributed by atoms with Gasteiger partial charge in [-0.15, -0.1) is 0 Å². The van der Waals surface area contributed by atoms with Crippen molar-refractivity contribution in [3.8, 4) is 34.5 Å². The van der Waals surface area contributed by atoms with Crippen LogP contribution in [0.2, 0.25) is 0 Å². The van der Waals surface area contributed by atoms with Crippen molar-refractivity contribution >= 4 is 5.65 Å². The fourth-order valence-electron chi connectivity index (χ4n) is 3.81. The molecule has 5 rings (SSSR count). The molecule has 0 atom stereocenters. The van der Waals surface area contributed by atoms with Crippen molar-refractivity contribution in [1.29, 1.82) is 5.26 Å². The fourth-order valence-corrected chi connectivity index (χ4v) is 3.81. The number of hydrogen-bond donors (Lipinski definition) is 1. The number of halogens is 3. The van der Waals surface area contributed by atoms with E-state index in [1.807, 2.05) is 37.3 Å². The Morgan fingerprint density at radius 3 is 2.11 bits per heavy atom. The number of ether oxygens (including phenoxy) is 1. The molecule has 3 heterocycles. The molecule has 1 saturated heterocycles. The summed E-state index contributed by atoms with van der Waals surface area (Å²) in [5.74, 6) is -0.0271. The van der Waals surface area contributed by atoms with Crippen LogP contribution in [0.1, 0.15) is 29.7 Å². The summed E-state index contributed by atoms with van der Waals surface area (Å²) in [5.41, 5.74) is 2.57. The monoisotopic (exact) mass is 479 g/mol. The van der Waals surface area contributed by atoms with Gasteiger partial charge in [-0.1, -0.05) is 42.0 Å². The lowest BCUT2D eigenvalue weighted by atomic mass is 10.0. The number of benzene rings is 2. The van der Waals surface area contributed by atoms with E-state index >= 15 is 0 Å². The lowest BCUT2D eigenvalue weighted by molar-refractivity contribution is -0.140. The highest BCUT2D eigenvalue weighted by atomic mass is 19.4. The van der Waals surface area contributed by atoms with Gasteiger partial charge in [-0.2, -0.15) is 18.4 Å². The van der Waals surface area contributed by atoms with Gasteiger partial charge in [0.15, 0.2) is 5.69 Å². The average molecular weight is 480 g/mol. The van der Waals surface area contributed by atoms with Crippen molar-refractivity contribution in [1.82, 2.24) is 19.7 Å². The van der Waals surface area contributed by atoms with Gasteiger partial charge in [-0.25, -0.2) is 9.97 Å². The molecule has 1 N–H and O–H groups in total. The first kappa shape index (κ1) is 24.2. The SMILES string of the molecule is C1CCNC1.COc1nc(-c2ccc(C#N)cc2)c(-c2ccc(C)cc2)n2cc(C(F)(F)F)nc12. The zero-order chi connectivity index (χ0) is 25.0. The standard InChI is InChI=1S/C22H15F3N4O.C4H9N/c1-13-3-7-16(8-4-13)19-18(15-9-5-14(11-26)6-10-15)28-21(30-2)20-27-17(12-29(19)20)22(23,24)25;1-2-4-5-3-1/h3-10,12H,1-2H3;5H,1-4H2. The summed E-state index contributed by atoms with van der Waals surface area (Å²) in [6.07, 6.45) is -0.891. The Labute approximate surface area is 201 Å². The first-order chi connectivity index (χ1) is 16.8. The third kappa shape index (κ3) is 5.28. The summed E-state index contributed by atoms with van der Waals surface area (Å²) in [6, 6.07) is 16.1. The number of nitrogens with zero attached hydrogens (tertiary/aromatic N) is 4. The number of alkyl halides is 3. The Hall–Kier alpha value is -3.90. The van der Waals surface area contributed by atoms with Crippen LogP contribution in [0, 0.1) is 18.3 Å². The van der Waals surface area contributed by atoms with Crippen molar-refractivity contribution in [2.75, 3.05) is 20.2 Å². The number of hydrogen-bond acceptors (Lipinski definition) is 5. The molecule has 2 aromatic heterocycles. The summed E-state index contributed by atoms with van der Waals surface area (Å²) in [4.78, 5) is 8.21. The van der Waals surface area contributed by atoms with Gasteiger partial charge >= 0.3 is 6.18 Å². The number of imidazole rings is 1. The van der Waals surface area contributed by atoms with E-state index in [1.165, 1.54) is 37.4 Å². The second kappa shape index (κ2) is 10.2. The molecular weight excluding hydrogens is 455 g/mol. The number of aryl methyl sites for hydroxylation is 1. The molecule has 1 fully saturated rings. The molecule has 1 aliphatic rings. The summed E-state index contributed by atoms with van der Waals surface area (Å²) in [6.45, 7) is 4.42. The van der Waals surface area contributed by atoms with Crippen molar-refractivity contribution in [3.05, 3.63) is 71.5 Å². The van der Waals surface area contributed by atoms with Crippen LogP contribution in [0.3, 0.4) is 0 Å². The molecule has 180 valence electrons. The molecule has 35 heavy (non-hydrogen) atoms. The van der Waals surface area contributed by atoms with E-state index in [1.54, 1.807) is 24.3 Å². The quantitative estimate of drug-likeness (QED) is 0.412. The molecule has 0 bridgehead atoms. The highest BCUT2D eigenvalue weighted by molar-refractivity contribution is 5.82. The largest absolute Gasteiger partial charge is 0.478 e. The van der Waals surface area contributed by atoms with Gasteiger partial charge < -0.3 is 10.1 Å². The summed E-state index contributed by atoms with van der Waals surface area (Å²) in [5, 5.41) is 12.3. The van der Waals surface area contributed by atoms with Gasteiger partial charge in [0.05, 0.1) is 30.1 Å². The molecule has 9 heteroatoms. The van der Waals surface area contributed by atoms with Crippen LogP contribution < -0.4 is 10.1 Å². The van der Waals surface area contributed by atoms with Gasteiger partial charge in [-0.05, 0) is 45.0 Å². The van der Waals surface area contributed by atoms with Crippen LogP contribution in [0.25, 0.3) is 28.2 Å². The van der Waals surface area contributed by atoms with E-state index < -0.39 is 11.9 Å². The number of nitriles is 1. The smallest absolute Gasteiger partial charge is 0.434 e. The van der Waals surface area contributed by atoms with E-state index in [0.717, 1.165) is 11.8 Å². The van der Waals surface area contributed by atoms with E-state index in [9.17, 15) is 13.2 Å². The predicted molar refractivity (Wildman–Crippen MR) is 127 cm³/mol. The number of rotatable bonds is 3.